The smallest absolute Gasteiger partial charge is 0.223 e. The minimum atomic E-state index is -1.61. The average molecular weight is 324 g/mol. The largest absolute Gasteiger partial charge is 0.336 e. The quantitative estimate of drug-likeness (QED) is 0.645. The van der Waals surface area contributed by atoms with Crippen molar-refractivity contribution in [1.82, 2.24) is 10.6 Å². The van der Waals surface area contributed by atoms with Crippen LogP contribution in [-0.2, 0) is 11.3 Å². The van der Waals surface area contributed by atoms with Crippen molar-refractivity contribution in [2.24, 2.45) is 5.92 Å². The van der Waals surface area contributed by atoms with E-state index in [1.807, 2.05) is 30.3 Å². The first-order chi connectivity index (χ1) is 8.80. The summed E-state index contributed by atoms with van der Waals surface area (Å²) in [6.45, 7) is 4.06. The predicted octanol–water partition coefficient (Wildman–Crippen LogP) is 3.24. The van der Waals surface area contributed by atoms with Gasteiger partial charge in [-0.3, -0.25) is 10.1 Å². The van der Waals surface area contributed by atoms with Crippen LogP contribution in [0, 0.1) is 5.92 Å². The molecule has 0 radical (unpaired) electrons. The number of hydrogen-bond acceptors (Lipinski definition) is 2. The molecule has 1 amide bonds. The molecule has 0 saturated heterocycles. The first-order valence-corrected chi connectivity index (χ1v) is 7.08. The average Bonchev–Trinajstić information content (AvgIpc) is 2.33. The SMILES string of the molecule is CC(C)C(=O)N[C@@H](NCc1ccccc1)C(Cl)(Cl)Cl. The van der Waals surface area contributed by atoms with Gasteiger partial charge in [0.25, 0.3) is 0 Å². The zero-order valence-corrected chi connectivity index (χ0v) is 13.1. The molecule has 3 nitrogen and oxygen atoms in total. The van der Waals surface area contributed by atoms with E-state index in [4.69, 9.17) is 34.8 Å². The van der Waals surface area contributed by atoms with Crippen LogP contribution >= 0.6 is 34.8 Å². The zero-order chi connectivity index (χ0) is 14.5. The first kappa shape index (κ1) is 16.6. The summed E-state index contributed by atoms with van der Waals surface area (Å²) >= 11 is 17.6. The molecule has 106 valence electrons. The highest BCUT2D eigenvalue weighted by atomic mass is 35.6. The molecule has 0 spiro atoms. The van der Waals surface area contributed by atoms with E-state index in [-0.39, 0.29) is 11.8 Å². The molecule has 0 fully saturated rings. The number of rotatable bonds is 5. The Kier molecular flexibility index (Phi) is 6.40. The molecule has 1 rings (SSSR count). The summed E-state index contributed by atoms with van der Waals surface area (Å²) in [4.78, 5) is 11.7. The van der Waals surface area contributed by atoms with Gasteiger partial charge in [-0.15, -0.1) is 0 Å². The highest BCUT2D eigenvalue weighted by Gasteiger charge is 2.33. The van der Waals surface area contributed by atoms with Crippen molar-refractivity contribution in [2.75, 3.05) is 0 Å². The number of hydrogen-bond donors (Lipinski definition) is 2. The Morgan fingerprint density at radius 2 is 1.79 bits per heavy atom. The van der Waals surface area contributed by atoms with Crippen LogP contribution in [0.15, 0.2) is 30.3 Å². The second-order valence-corrected chi connectivity index (χ2v) is 6.87. The lowest BCUT2D eigenvalue weighted by Crippen LogP contribution is -2.54. The Morgan fingerprint density at radius 3 is 2.26 bits per heavy atom. The molecular formula is C13H17Cl3N2O. The molecule has 2 N–H and O–H groups in total. The number of nitrogens with one attached hydrogen (secondary N) is 2. The maximum Gasteiger partial charge on any atom is 0.223 e. The van der Waals surface area contributed by atoms with Crippen LogP contribution in [-0.4, -0.2) is 15.9 Å². The molecule has 0 aliphatic heterocycles. The van der Waals surface area contributed by atoms with Crippen molar-refractivity contribution in [3.05, 3.63) is 35.9 Å². The number of carbonyl (C=O) groups excluding carboxylic acids is 1. The minimum absolute atomic E-state index is 0.170. The summed E-state index contributed by atoms with van der Waals surface area (Å²) in [5, 5.41) is 5.71. The molecule has 0 aliphatic rings. The number of halogens is 3. The fourth-order valence-electron chi connectivity index (χ4n) is 1.37. The summed E-state index contributed by atoms with van der Waals surface area (Å²) in [5.74, 6) is -0.342. The van der Waals surface area contributed by atoms with Gasteiger partial charge in [0.15, 0.2) is 0 Å². The molecule has 19 heavy (non-hydrogen) atoms. The maximum atomic E-state index is 11.7. The van der Waals surface area contributed by atoms with Crippen LogP contribution in [0.2, 0.25) is 0 Å². The van der Waals surface area contributed by atoms with Gasteiger partial charge in [-0.2, -0.15) is 0 Å². The molecule has 0 aliphatic carbocycles. The van der Waals surface area contributed by atoms with Crippen molar-refractivity contribution in [3.63, 3.8) is 0 Å². The highest BCUT2D eigenvalue weighted by Crippen LogP contribution is 2.29. The third-order valence-electron chi connectivity index (χ3n) is 2.49. The van der Waals surface area contributed by atoms with Gasteiger partial charge < -0.3 is 5.32 Å². The van der Waals surface area contributed by atoms with Crippen LogP contribution in [0.3, 0.4) is 0 Å². The summed E-state index contributed by atoms with van der Waals surface area (Å²) in [6.07, 6.45) is -0.743. The Balaban J connectivity index is 2.63. The molecule has 0 saturated carbocycles. The number of amides is 1. The first-order valence-electron chi connectivity index (χ1n) is 5.95. The van der Waals surface area contributed by atoms with Crippen molar-refractivity contribution < 1.29 is 4.79 Å². The van der Waals surface area contributed by atoms with Gasteiger partial charge in [-0.05, 0) is 5.56 Å². The van der Waals surface area contributed by atoms with Gasteiger partial charge in [0, 0.05) is 12.5 Å². The van der Waals surface area contributed by atoms with E-state index < -0.39 is 9.96 Å². The third kappa shape index (κ3) is 6.00. The molecule has 1 aromatic carbocycles. The molecule has 0 aromatic heterocycles. The van der Waals surface area contributed by atoms with Gasteiger partial charge in [0.1, 0.15) is 6.17 Å². The Bertz CT molecular complexity index is 404. The summed E-state index contributed by atoms with van der Waals surface area (Å²) in [6, 6.07) is 9.68. The standard InChI is InChI=1S/C13H17Cl3N2O/c1-9(2)11(19)18-12(13(14,15)16)17-8-10-6-4-3-5-7-10/h3-7,9,12,17H,8H2,1-2H3,(H,18,19)/t12-/m1/s1. The predicted molar refractivity (Wildman–Crippen MR) is 80.3 cm³/mol. The Labute approximate surface area is 128 Å². The number of carbonyl (C=O) groups is 1. The van der Waals surface area contributed by atoms with E-state index in [0.717, 1.165) is 5.56 Å². The van der Waals surface area contributed by atoms with Gasteiger partial charge in [-0.25, -0.2) is 0 Å². The summed E-state index contributed by atoms with van der Waals surface area (Å²) in [5.41, 5.74) is 1.04. The van der Waals surface area contributed by atoms with E-state index >= 15 is 0 Å². The van der Waals surface area contributed by atoms with Crippen molar-refractivity contribution in [3.8, 4) is 0 Å². The van der Waals surface area contributed by atoms with Crippen LogP contribution in [0.1, 0.15) is 19.4 Å². The van der Waals surface area contributed by atoms with Crippen molar-refractivity contribution in [1.29, 1.82) is 0 Å². The second kappa shape index (κ2) is 7.34. The van der Waals surface area contributed by atoms with Crippen LogP contribution < -0.4 is 10.6 Å². The maximum absolute atomic E-state index is 11.7. The van der Waals surface area contributed by atoms with Crippen LogP contribution in [0.25, 0.3) is 0 Å². The fourth-order valence-corrected chi connectivity index (χ4v) is 1.77. The topological polar surface area (TPSA) is 41.1 Å². The number of benzene rings is 1. The molecule has 6 heteroatoms. The van der Waals surface area contributed by atoms with E-state index in [2.05, 4.69) is 10.6 Å². The zero-order valence-electron chi connectivity index (χ0n) is 10.8. The Morgan fingerprint density at radius 1 is 1.21 bits per heavy atom. The van der Waals surface area contributed by atoms with Crippen LogP contribution in [0.5, 0.6) is 0 Å². The Hall–Kier alpha value is -0.480. The van der Waals surface area contributed by atoms with Gasteiger partial charge in [0.05, 0.1) is 0 Å². The van der Waals surface area contributed by atoms with Gasteiger partial charge in [-0.1, -0.05) is 79.0 Å². The molecular weight excluding hydrogens is 307 g/mol. The molecule has 0 unspecified atom stereocenters. The lowest BCUT2D eigenvalue weighted by atomic mass is 10.2. The monoisotopic (exact) mass is 322 g/mol. The van der Waals surface area contributed by atoms with Crippen molar-refractivity contribution >= 4 is 40.7 Å². The lowest BCUT2D eigenvalue weighted by molar-refractivity contribution is -0.124. The second-order valence-electron chi connectivity index (χ2n) is 4.50. The van der Waals surface area contributed by atoms with E-state index in [0.29, 0.717) is 6.54 Å². The normalized spacial score (nSPS) is 13.4. The van der Waals surface area contributed by atoms with E-state index in [1.54, 1.807) is 13.8 Å². The summed E-state index contributed by atoms with van der Waals surface area (Å²) < 4.78 is -1.61. The lowest BCUT2D eigenvalue weighted by Gasteiger charge is -2.27. The fraction of sp³-hybridized carbons (Fsp3) is 0.462. The van der Waals surface area contributed by atoms with Crippen LogP contribution in [0.4, 0.5) is 0 Å². The van der Waals surface area contributed by atoms with E-state index in [1.165, 1.54) is 0 Å². The van der Waals surface area contributed by atoms with Crippen molar-refractivity contribution in [2.45, 2.75) is 30.4 Å². The third-order valence-corrected chi connectivity index (χ3v) is 3.15. The molecule has 1 aromatic rings. The molecule has 1 atom stereocenters. The summed E-state index contributed by atoms with van der Waals surface area (Å²) in [7, 11) is 0. The minimum Gasteiger partial charge on any atom is -0.336 e. The molecule has 0 heterocycles. The molecule has 0 bridgehead atoms. The highest BCUT2D eigenvalue weighted by molar-refractivity contribution is 6.68. The van der Waals surface area contributed by atoms with Gasteiger partial charge in [0.2, 0.25) is 9.70 Å². The van der Waals surface area contributed by atoms with Gasteiger partial charge >= 0.3 is 0 Å². The number of alkyl halides is 3. The van der Waals surface area contributed by atoms with E-state index in [9.17, 15) is 4.79 Å².